The quantitative estimate of drug-likeness (QED) is 0.0816. The molecule has 0 radical (unpaired) electrons. The molecule has 0 aliphatic rings. The Labute approximate surface area is 338 Å². The number of ether oxygens (including phenoxy) is 1. The Hall–Kier alpha value is -6.80. The molecule has 0 saturated heterocycles. The molecule has 0 saturated carbocycles. The first-order valence-corrected chi connectivity index (χ1v) is 19.3. The Morgan fingerprint density at radius 3 is 2.19 bits per heavy atom. The smallest absolute Gasteiger partial charge is 0.324 e. The van der Waals surface area contributed by atoms with Crippen LogP contribution in [0.3, 0.4) is 0 Å². The van der Waals surface area contributed by atoms with Crippen molar-refractivity contribution in [3.63, 3.8) is 0 Å². The molecule has 0 atom stereocenters. The number of imidazole rings is 2. The van der Waals surface area contributed by atoms with E-state index in [1.54, 1.807) is 48.1 Å². The van der Waals surface area contributed by atoms with Gasteiger partial charge in [-0.2, -0.15) is 5.10 Å². The van der Waals surface area contributed by atoms with Crippen LogP contribution in [-0.2, 0) is 29.7 Å². The lowest BCUT2D eigenvalue weighted by Gasteiger charge is -2.14. The standard InChI is InChI=1S/C38H40N8O3.C6H11N3/c1-26-10-12-28(13-11-26)46-35(24-34(44-46)38(2,3)4)43-37(48)42-32-14-15-33(31-9-6-5-8-30(31)32)49-29-16-18-40-27(22-29)23-36(47)41-17-7-20-45-21-19-39-25-45;7-2-1-4-9-5-3-8-6-9/h5-6,8-16,18-19,21-22,24-25H,7,17,20,23H2,1-4H3,(H,41,47)(H2,42,43,48);3,5-6H,1-2,4,7H2. The Morgan fingerprint density at radius 2 is 1.52 bits per heavy atom. The predicted octanol–water partition coefficient (Wildman–Crippen LogP) is 7.64. The summed E-state index contributed by atoms with van der Waals surface area (Å²) in [6.45, 7) is 11.4. The number of aryl methyl sites for hydroxylation is 3. The summed E-state index contributed by atoms with van der Waals surface area (Å²) < 4.78 is 12.0. The van der Waals surface area contributed by atoms with Gasteiger partial charge < -0.3 is 30.2 Å². The van der Waals surface area contributed by atoms with E-state index in [1.807, 2.05) is 95.2 Å². The van der Waals surface area contributed by atoms with Crippen LogP contribution in [0.15, 0.2) is 123 Å². The molecule has 300 valence electrons. The molecule has 0 unspecified atom stereocenters. The van der Waals surface area contributed by atoms with E-state index in [0.717, 1.165) is 60.2 Å². The number of aromatic nitrogens is 7. The molecule has 0 aliphatic heterocycles. The van der Waals surface area contributed by atoms with Gasteiger partial charge in [-0.05, 0) is 56.6 Å². The van der Waals surface area contributed by atoms with Gasteiger partial charge in [-0.25, -0.2) is 19.4 Å². The number of carbonyl (C=O) groups excluding carboxylic acids is 2. The van der Waals surface area contributed by atoms with Crippen LogP contribution in [0, 0.1) is 6.92 Å². The van der Waals surface area contributed by atoms with Gasteiger partial charge in [0.1, 0.15) is 17.3 Å². The highest BCUT2D eigenvalue weighted by Crippen LogP contribution is 2.35. The minimum absolute atomic E-state index is 0.106. The van der Waals surface area contributed by atoms with Crippen molar-refractivity contribution in [1.29, 1.82) is 0 Å². The number of fused-ring (bicyclic) bond motifs is 1. The van der Waals surface area contributed by atoms with E-state index in [1.165, 1.54) is 0 Å². The van der Waals surface area contributed by atoms with E-state index in [9.17, 15) is 9.59 Å². The van der Waals surface area contributed by atoms with Gasteiger partial charge in [0, 0.05) is 78.9 Å². The van der Waals surface area contributed by atoms with Crippen LogP contribution in [-0.4, -0.2) is 58.9 Å². The van der Waals surface area contributed by atoms with E-state index in [2.05, 4.69) is 51.7 Å². The number of urea groups is 1. The van der Waals surface area contributed by atoms with Crippen molar-refractivity contribution < 1.29 is 14.3 Å². The molecule has 3 amide bonds. The molecule has 0 bridgehead atoms. The first kappa shape index (κ1) is 40.9. The predicted molar refractivity (Wildman–Crippen MR) is 227 cm³/mol. The van der Waals surface area contributed by atoms with Crippen molar-refractivity contribution in [1.82, 2.24) is 39.2 Å². The third-order valence-corrected chi connectivity index (χ3v) is 9.14. The van der Waals surface area contributed by atoms with Crippen LogP contribution in [0.4, 0.5) is 16.3 Å². The first-order valence-electron chi connectivity index (χ1n) is 19.3. The van der Waals surface area contributed by atoms with E-state index >= 15 is 0 Å². The zero-order valence-corrected chi connectivity index (χ0v) is 33.4. The third-order valence-electron chi connectivity index (χ3n) is 9.14. The summed E-state index contributed by atoms with van der Waals surface area (Å²) in [5.41, 5.74) is 9.17. The monoisotopic (exact) mass is 781 g/mol. The van der Waals surface area contributed by atoms with Gasteiger partial charge in [-0.15, -0.1) is 0 Å². The average Bonchev–Trinajstić information content (AvgIpc) is 4.01. The number of carbonyl (C=O) groups is 2. The van der Waals surface area contributed by atoms with Gasteiger partial charge in [0.05, 0.1) is 41.8 Å². The largest absolute Gasteiger partial charge is 0.457 e. The number of nitrogens with two attached hydrogens (primary N) is 1. The van der Waals surface area contributed by atoms with Crippen LogP contribution in [0.2, 0.25) is 0 Å². The molecular weight excluding hydrogens is 731 g/mol. The number of rotatable bonds is 14. The fraction of sp³-hybridized carbons (Fsp3) is 0.273. The maximum atomic E-state index is 13.4. The maximum Gasteiger partial charge on any atom is 0.324 e. The Bertz CT molecular complexity index is 2380. The summed E-state index contributed by atoms with van der Waals surface area (Å²) in [7, 11) is 0. The fourth-order valence-corrected chi connectivity index (χ4v) is 6.03. The first-order chi connectivity index (χ1) is 28.1. The Balaban J connectivity index is 0.000000557. The van der Waals surface area contributed by atoms with Crippen molar-refractivity contribution in [2.75, 3.05) is 23.7 Å². The van der Waals surface area contributed by atoms with E-state index < -0.39 is 6.03 Å². The molecule has 5 N–H and O–H groups in total. The highest BCUT2D eigenvalue weighted by molar-refractivity contribution is 6.07. The summed E-state index contributed by atoms with van der Waals surface area (Å²) in [5.74, 6) is 1.62. The van der Waals surface area contributed by atoms with Crippen LogP contribution in [0.5, 0.6) is 11.5 Å². The molecule has 7 aromatic rings. The number of pyridine rings is 1. The van der Waals surface area contributed by atoms with Crippen LogP contribution in [0.1, 0.15) is 50.6 Å². The molecule has 0 spiro atoms. The molecule has 0 fully saturated rings. The molecule has 14 nitrogen and oxygen atoms in total. The van der Waals surface area contributed by atoms with Gasteiger partial charge in [-0.3, -0.25) is 15.1 Å². The minimum atomic E-state index is -0.397. The van der Waals surface area contributed by atoms with Crippen molar-refractivity contribution in [3.05, 3.63) is 139 Å². The van der Waals surface area contributed by atoms with E-state index in [4.69, 9.17) is 15.6 Å². The summed E-state index contributed by atoms with van der Waals surface area (Å²) in [6.07, 6.45) is 14.5. The van der Waals surface area contributed by atoms with Crippen molar-refractivity contribution in [3.8, 4) is 17.2 Å². The van der Waals surface area contributed by atoms with Gasteiger partial charge in [0.2, 0.25) is 5.91 Å². The van der Waals surface area contributed by atoms with Gasteiger partial charge >= 0.3 is 6.03 Å². The molecule has 14 heteroatoms. The minimum Gasteiger partial charge on any atom is -0.457 e. The van der Waals surface area contributed by atoms with E-state index in [0.29, 0.717) is 35.2 Å². The van der Waals surface area contributed by atoms with Crippen molar-refractivity contribution in [2.24, 2.45) is 5.73 Å². The van der Waals surface area contributed by atoms with E-state index in [-0.39, 0.29) is 17.7 Å². The lowest BCUT2D eigenvalue weighted by atomic mass is 9.92. The average molecular weight is 782 g/mol. The maximum absolute atomic E-state index is 13.4. The number of amides is 3. The fourth-order valence-electron chi connectivity index (χ4n) is 6.03. The normalized spacial score (nSPS) is 11.1. The number of nitrogens with one attached hydrogen (secondary N) is 3. The highest BCUT2D eigenvalue weighted by Gasteiger charge is 2.22. The Kier molecular flexibility index (Phi) is 13.6. The molecule has 3 aromatic carbocycles. The van der Waals surface area contributed by atoms with Crippen molar-refractivity contribution >= 4 is 34.2 Å². The van der Waals surface area contributed by atoms with Crippen molar-refractivity contribution in [2.45, 2.75) is 65.5 Å². The molecule has 4 aromatic heterocycles. The van der Waals surface area contributed by atoms with Crippen LogP contribution >= 0.6 is 0 Å². The topological polar surface area (TPSA) is 172 Å². The summed E-state index contributed by atoms with van der Waals surface area (Å²) in [5, 5.41) is 15.4. The second-order valence-electron chi connectivity index (χ2n) is 14.9. The second-order valence-corrected chi connectivity index (χ2v) is 14.9. The van der Waals surface area contributed by atoms with Gasteiger partial charge in [0.25, 0.3) is 0 Å². The summed E-state index contributed by atoms with van der Waals surface area (Å²) in [4.78, 5) is 38.3. The van der Waals surface area contributed by atoms with Crippen LogP contribution < -0.4 is 26.4 Å². The second kappa shape index (κ2) is 19.4. The summed E-state index contributed by atoms with van der Waals surface area (Å²) in [6, 6.07) is 24.4. The van der Waals surface area contributed by atoms with Crippen LogP contribution in [0.25, 0.3) is 16.5 Å². The molecular formula is C44H51N11O3. The molecule has 7 rings (SSSR count). The summed E-state index contributed by atoms with van der Waals surface area (Å²) >= 11 is 0. The zero-order valence-electron chi connectivity index (χ0n) is 33.4. The third kappa shape index (κ3) is 11.4. The highest BCUT2D eigenvalue weighted by atomic mass is 16.5. The number of hydrogen-bond donors (Lipinski definition) is 4. The number of hydrogen-bond acceptors (Lipinski definition) is 8. The zero-order chi connectivity index (χ0) is 40.9. The number of anilines is 2. The molecule has 0 aliphatic carbocycles. The van der Waals surface area contributed by atoms with Gasteiger partial charge in [0.15, 0.2) is 0 Å². The van der Waals surface area contributed by atoms with Gasteiger partial charge in [-0.1, -0.05) is 62.7 Å². The SMILES string of the molecule is Cc1ccc(-n2nc(C(C)(C)C)cc2NC(=O)Nc2ccc(Oc3ccnc(CC(=O)NCCCn4ccnc4)c3)c3ccccc23)cc1.NCCCn1ccnc1. The molecule has 58 heavy (non-hydrogen) atoms. The number of nitrogens with zero attached hydrogens (tertiary/aromatic N) is 7. The lowest BCUT2D eigenvalue weighted by molar-refractivity contribution is -0.120. The Morgan fingerprint density at radius 1 is 0.810 bits per heavy atom. The number of benzene rings is 3. The molecule has 4 heterocycles. The lowest BCUT2D eigenvalue weighted by Crippen LogP contribution is -2.27.